The maximum Gasteiger partial charge on any atom is 0.243 e. The number of carbonyl (C=O) groups is 2. The van der Waals surface area contributed by atoms with E-state index in [0.29, 0.717) is 25.6 Å². The molecule has 2 aliphatic heterocycles. The smallest absolute Gasteiger partial charge is 0.243 e. The van der Waals surface area contributed by atoms with Crippen molar-refractivity contribution in [1.82, 2.24) is 15.1 Å². The molecule has 1 atom stereocenters. The molecule has 0 spiro atoms. The lowest BCUT2D eigenvalue weighted by Crippen LogP contribution is -2.53. The van der Waals surface area contributed by atoms with Crippen LogP contribution in [0.15, 0.2) is 0 Å². The molecule has 0 aromatic heterocycles. The Morgan fingerprint density at radius 1 is 1.50 bits per heavy atom. The van der Waals surface area contributed by atoms with Crippen LogP contribution in [0.2, 0.25) is 0 Å². The third-order valence-corrected chi connectivity index (χ3v) is 3.35. The number of hydrogen-bond donors (Lipinski definition) is 1. The molecule has 0 aromatic carbocycles. The molecule has 2 amide bonds. The monoisotopic (exact) mass is 225 g/mol. The Bertz CT molecular complexity index is 293. The topological polar surface area (TPSA) is 52.7 Å². The van der Waals surface area contributed by atoms with Gasteiger partial charge < -0.3 is 5.32 Å². The van der Waals surface area contributed by atoms with Gasteiger partial charge in [0.05, 0.1) is 6.54 Å². The van der Waals surface area contributed by atoms with Gasteiger partial charge in [0.15, 0.2) is 0 Å². The van der Waals surface area contributed by atoms with E-state index in [4.69, 9.17) is 0 Å². The number of nitrogens with zero attached hydrogens (tertiary/aromatic N) is 2. The van der Waals surface area contributed by atoms with E-state index in [-0.39, 0.29) is 11.8 Å². The highest BCUT2D eigenvalue weighted by molar-refractivity contribution is 5.97. The minimum atomic E-state index is -0.0312. The lowest BCUT2D eigenvalue weighted by molar-refractivity contribution is -0.142. The molecule has 0 radical (unpaired) electrons. The number of nitrogens with one attached hydrogen (secondary N) is 1. The maximum absolute atomic E-state index is 11.9. The minimum absolute atomic E-state index is 0.00668. The van der Waals surface area contributed by atoms with Gasteiger partial charge in [-0.1, -0.05) is 0 Å². The third-order valence-electron chi connectivity index (χ3n) is 3.35. The number of carbonyl (C=O) groups excluding carboxylic acids is 2. The standard InChI is InChI=1S/C11H19N3O2/c1-9-7-12-4-6-13(9)8-11(16)14-5-2-3-10(14)15/h9,12H,2-8H2,1H3. The first-order chi connectivity index (χ1) is 7.68. The van der Waals surface area contributed by atoms with Crippen molar-refractivity contribution in [2.75, 3.05) is 32.7 Å². The average Bonchev–Trinajstić information content (AvgIpc) is 2.68. The Balaban J connectivity index is 1.88. The summed E-state index contributed by atoms with van der Waals surface area (Å²) in [6.45, 7) is 5.82. The van der Waals surface area contributed by atoms with E-state index in [2.05, 4.69) is 17.1 Å². The molecule has 0 saturated carbocycles. The zero-order valence-corrected chi connectivity index (χ0v) is 9.74. The Morgan fingerprint density at radius 3 is 2.94 bits per heavy atom. The van der Waals surface area contributed by atoms with Crippen LogP contribution < -0.4 is 5.32 Å². The summed E-state index contributed by atoms with van der Waals surface area (Å²) in [5, 5.41) is 3.28. The normalized spacial score (nSPS) is 27.4. The van der Waals surface area contributed by atoms with Crippen LogP contribution in [0.4, 0.5) is 0 Å². The van der Waals surface area contributed by atoms with Gasteiger partial charge >= 0.3 is 0 Å². The molecule has 0 aliphatic carbocycles. The first kappa shape index (κ1) is 11.5. The fourth-order valence-electron chi connectivity index (χ4n) is 2.29. The van der Waals surface area contributed by atoms with E-state index >= 15 is 0 Å². The summed E-state index contributed by atoms with van der Waals surface area (Å²) in [6, 6.07) is 0.371. The molecule has 2 aliphatic rings. The Kier molecular flexibility index (Phi) is 3.56. The molecule has 16 heavy (non-hydrogen) atoms. The van der Waals surface area contributed by atoms with Crippen LogP contribution in [0, 0.1) is 0 Å². The van der Waals surface area contributed by atoms with Crippen LogP contribution in [0.25, 0.3) is 0 Å². The van der Waals surface area contributed by atoms with Crippen LogP contribution in [-0.2, 0) is 9.59 Å². The SMILES string of the molecule is CC1CNCCN1CC(=O)N1CCCC1=O. The molecule has 2 rings (SSSR count). The zero-order chi connectivity index (χ0) is 11.5. The first-order valence-electron chi connectivity index (χ1n) is 5.96. The highest BCUT2D eigenvalue weighted by Crippen LogP contribution is 2.11. The summed E-state index contributed by atoms with van der Waals surface area (Å²) in [4.78, 5) is 26.9. The molecule has 1 N–H and O–H groups in total. The lowest BCUT2D eigenvalue weighted by Gasteiger charge is -2.34. The molecular formula is C11H19N3O2. The fourth-order valence-corrected chi connectivity index (χ4v) is 2.29. The molecule has 0 aromatic rings. The van der Waals surface area contributed by atoms with Gasteiger partial charge in [-0.3, -0.25) is 19.4 Å². The van der Waals surface area contributed by atoms with Gasteiger partial charge in [-0.15, -0.1) is 0 Å². The van der Waals surface area contributed by atoms with E-state index in [0.717, 1.165) is 26.1 Å². The van der Waals surface area contributed by atoms with Gasteiger partial charge in [0, 0.05) is 38.6 Å². The van der Waals surface area contributed by atoms with Crippen molar-refractivity contribution in [1.29, 1.82) is 0 Å². The molecule has 2 heterocycles. The molecule has 1 unspecified atom stereocenters. The largest absolute Gasteiger partial charge is 0.314 e. The van der Waals surface area contributed by atoms with Gasteiger partial charge in [-0.05, 0) is 13.3 Å². The van der Waals surface area contributed by atoms with Crippen LogP contribution in [0.1, 0.15) is 19.8 Å². The number of rotatable bonds is 2. The van der Waals surface area contributed by atoms with Crippen LogP contribution in [0.3, 0.4) is 0 Å². The van der Waals surface area contributed by atoms with Gasteiger partial charge in [0.2, 0.25) is 11.8 Å². The Morgan fingerprint density at radius 2 is 2.31 bits per heavy atom. The van der Waals surface area contributed by atoms with Crippen LogP contribution in [0.5, 0.6) is 0 Å². The molecule has 0 bridgehead atoms. The Labute approximate surface area is 95.8 Å². The van der Waals surface area contributed by atoms with Crippen molar-refractivity contribution in [2.24, 2.45) is 0 Å². The summed E-state index contributed by atoms with van der Waals surface area (Å²) >= 11 is 0. The molecule has 90 valence electrons. The zero-order valence-electron chi connectivity index (χ0n) is 9.74. The predicted molar refractivity (Wildman–Crippen MR) is 59.9 cm³/mol. The van der Waals surface area contributed by atoms with E-state index in [1.165, 1.54) is 4.90 Å². The second-order valence-corrected chi connectivity index (χ2v) is 4.57. The molecule has 5 nitrogen and oxygen atoms in total. The molecular weight excluding hydrogens is 206 g/mol. The van der Waals surface area contributed by atoms with Crippen molar-refractivity contribution < 1.29 is 9.59 Å². The average molecular weight is 225 g/mol. The van der Waals surface area contributed by atoms with Gasteiger partial charge in [-0.2, -0.15) is 0 Å². The first-order valence-corrected chi connectivity index (χ1v) is 5.96. The highest BCUT2D eigenvalue weighted by Gasteiger charge is 2.29. The van der Waals surface area contributed by atoms with Gasteiger partial charge in [0.1, 0.15) is 0 Å². The van der Waals surface area contributed by atoms with Crippen molar-refractivity contribution in [3.05, 3.63) is 0 Å². The summed E-state index contributed by atoms with van der Waals surface area (Å²) < 4.78 is 0. The van der Waals surface area contributed by atoms with E-state index in [1.807, 2.05) is 0 Å². The summed E-state index contributed by atoms with van der Waals surface area (Å²) in [5.74, 6) is -0.0379. The van der Waals surface area contributed by atoms with Crippen molar-refractivity contribution in [3.8, 4) is 0 Å². The fraction of sp³-hybridized carbons (Fsp3) is 0.818. The number of hydrogen-bond acceptors (Lipinski definition) is 4. The van der Waals surface area contributed by atoms with Crippen LogP contribution >= 0.6 is 0 Å². The molecule has 2 saturated heterocycles. The second kappa shape index (κ2) is 4.93. The molecule has 5 heteroatoms. The van der Waals surface area contributed by atoms with Crippen molar-refractivity contribution >= 4 is 11.8 Å². The number of piperazine rings is 1. The van der Waals surface area contributed by atoms with E-state index in [9.17, 15) is 9.59 Å². The highest BCUT2D eigenvalue weighted by atomic mass is 16.2. The number of imide groups is 1. The second-order valence-electron chi connectivity index (χ2n) is 4.57. The van der Waals surface area contributed by atoms with E-state index < -0.39 is 0 Å². The lowest BCUT2D eigenvalue weighted by atomic mass is 10.2. The number of amides is 2. The minimum Gasteiger partial charge on any atom is -0.314 e. The predicted octanol–water partition coefficient (Wildman–Crippen LogP) is -0.571. The summed E-state index contributed by atoms with van der Waals surface area (Å²) in [5.41, 5.74) is 0. The Hall–Kier alpha value is -0.940. The quantitative estimate of drug-likeness (QED) is 0.684. The summed E-state index contributed by atoms with van der Waals surface area (Å²) in [7, 11) is 0. The number of likely N-dealkylation sites (tertiary alicyclic amines) is 1. The maximum atomic E-state index is 11.9. The van der Waals surface area contributed by atoms with Gasteiger partial charge in [0.25, 0.3) is 0 Å². The van der Waals surface area contributed by atoms with Crippen molar-refractivity contribution in [3.63, 3.8) is 0 Å². The summed E-state index contributed by atoms with van der Waals surface area (Å²) in [6.07, 6.45) is 1.35. The van der Waals surface area contributed by atoms with Gasteiger partial charge in [-0.25, -0.2) is 0 Å². The van der Waals surface area contributed by atoms with E-state index in [1.54, 1.807) is 0 Å². The van der Waals surface area contributed by atoms with Crippen molar-refractivity contribution in [2.45, 2.75) is 25.8 Å². The van der Waals surface area contributed by atoms with Crippen LogP contribution in [-0.4, -0.2) is 60.4 Å². The third kappa shape index (κ3) is 2.41. The molecule has 2 fully saturated rings.